The monoisotopic (exact) mass is 431 g/mol. The Morgan fingerprint density at radius 1 is 0.969 bits per heavy atom. The fourth-order valence-corrected chi connectivity index (χ4v) is 3.98. The molecule has 0 unspecified atom stereocenters. The molecular weight excluding hydrogens is 402 g/mol. The lowest BCUT2D eigenvalue weighted by Crippen LogP contribution is -2.38. The van der Waals surface area contributed by atoms with Crippen molar-refractivity contribution >= 4 is 11.9 Å². The van der Waals surface area contributed by atoms with Crippen molar-refractivity contribution in [3.8, 4) is 11.1 Å². The normalized spacial score (nSPS) is 13.2. The molecule has 4 rings (SSSR count). The Labute approximate surface area is 188 Å². The second kappa shape index (κ2) is 10.6. The van der Waals surface area contributed by atoms with E-state index in [-0.39, 0.29) is 11.9 Å². The van der Waals surface area contributed by atoms with Gasteiger partial charge in [0.1, 0.15) is 0 Å². The average Bonchev–Trinajstić information content (AvgIpc) is 3.53. The number of aromatic nitrogens is 2. The van der Waals surface area contributed by atoms with Gasteiger partial charge in [-0.1, -0.05) is 48.5 Å². The maximum atomic E-state index is 12.2. The molecule has 2 heterocycles. The Morgan fingerprint density at radius 2 is 1.75 bits per heavy atom. The molecule has 1 aliphatic rings. The van der Waals surface area contributed by atoms with Crippen LogP contribution < -0.4 is 10.6 Å². The van der Waals surface area contributed by atoms with Crippen LogP contribution in [0.4, 0.5) is 4.79 Å². The Kier molecular flexibility index (Phi) is 7.17. The molecule has 0 saturated carbocycles. The third-order valence-electron chi connectivity index (χ3n) is 5.73. The van der Waals surface area contributed by atoms with Crippen LogP contribution in [0.15, 0.2) is 67.3 Å². The van der Waals surface area contributed by atoms with Crippen molar-refractivity contribution in [2.75, 3.05) is 19.6 Å². The zero-order chi connectivity index (χ0) is 22.2. The van der Waals surface area contributed by atoms with Crippen LogP contribution in [0.2, 0.25) is 0 Å². The van der Waals surface area contributed by atoms with E-state index >= 15 is 0 Å². The number of urea groups is 1. The van der Waals surface area contributed by atoms with Gasteiger partial charge in [-0.2, -0.15) is 0 Å². The van der Waals surface area contributed by atoms with E-state index in [4.69, 9.17) is 0 Å². The zero-order valence-electron chi connectivity index (χ0n) is 18.2. The highest BCUT2D eigenvalue weighted by Gasteiger charge is 2.17. The van der Waals surface area contributed by atoms with E-state index in [1.807, 2.05) is 40.2 Å². The van der Waals surface area contributed by atoms with Gasteiger partial charge in [0.05, 0.1) is 6.33 Å². The number of hydrogen-bond donors (Lipinski definition) is 2. The molecule has 1 fully saturated rings. The summed E-state index contributed by atoms with van der Waals surface area (Å²) in [7, 11) is 0. The van der Waals surface area contributed by atoms with Crippen LogP contribution in [0.1, 0.15) is 30.4 Å². The summed E-state index contributed by atoms with van der Waals surface area (Å²) in [5, 5.41) is 5.70. The predicted molar refractivity (Wildman–Crippen MR) is 124 cm³/mol. The highest BCUT2D eigenvalue weighted by atomic mass is 16.2. The molecular formula is C25H29N5O2. The molecule has 3 amide bonds. The summed E-state index contributed by atoms with van der Waals surface area (Å²) < 4.78 is 2.03. The largest absolute Gasteiger partial charge is 0.343 e. The number of nitrogens with zero attached hydrogens (tertiary/aromatic N) is 3. The van der Waals surface area contributed by atoms with Crippen LogP contribution in [-0.4, -0.2) is 46.0 Å². The number of nitrogens with one attached hydrogen (secondary N) is 2. The molecule has 7 heteroatoms. The van der Waals surface area contributed by atoms with Crippen LogP contribution in [0.25, 0.3) is 11.1 Å². The van der Waals surface area contributed by atoms with E-state index < -0.39 is 0 Å². The molecule has 1 aromatic heterocycles. The van der Waals surface area contributed by atoms with Crippen molar-refractivity contribution in [1.82, 2.24) is 25.1 Å². The van der Waals surface area contributed by atoms with Gasteiger partial charge in [-0.25, -0.2) is 9.78 Å². The van der Waals surface area contributed by atoms with Gasteiger partial charge >= 0.3 is 6.03 Å². The summed E-state index contributed by atoms with van der Waals surface area (Å²) in [6.07, 6.45) is 8.03. The third-order valence-corrected chi connectivity index (χ3v) is 5.73. The average molecular weight is 432 g/mol. The summed E-state index contributed by atoms with van der Waals surface area (Å²) in [5.74, 6) is 0.115. The number of rotatable bonds is 8. The SMILES string of the molecule is O=C(NCCC(=O)N1CCCC1)NCc1ccccc1-c1ccc(Cn2ccnc2)cc1. The number of likely N-dealkylation sites (tertiary alicyclic amines) is 1. The van der Waals surface area contributed by atoms with Crippen molar-refractivity contribution in [3.63, 3.8) is 0 Å². The smallest absolute Gasteiger partial charge is 0.315 e. The van der Waals surface area contributed by atoms with Gasteiger partial charge in [-0.05, 0) is 35.1 Å². The highest BCUT2D eigenvalue weighted by molar-refractivity contribution is 5.78. The first-order valence-corrected chi connectivity index (χ1v) is 11.1. The summed E-state index contributed by atoms with van der Waals surface area (Å²) >= 11 is 0. The molecule has 2 N–H and O–H groups in total. The van der Waals surface area contributed by atoms with E-state index in [1.165, 1.54) is 5.56 Å². The fourth-order valence-electron chi connectivity index (χ4n) is 3.98. The number of hydrogen-bond acceptors (Lipinski definition) is 3. The standard InChI is InChI=1S/C25H29N5O2/c31-24(30-14-3-4-15-30)11-12-27-25(32)28-17-22-5-1-2-6-23(22)21-9-7-20(8-10-21)18-29-16-13-26-19-29/h1-2,5-10,13,16,19H,3-4,11-12,14-15,17-18H2,(H2,27,28,32). The molecule has 0 spiro atoms. The first-order chi connectivity index (χ1) is 15.7. The minimum atomic E-state index is -0.260. The fraction of sp³-hybridized carbons (Fsp3) is 0.320. The van der Waals surface area contributed by atoms with Gasteiger partial charge in [0.2, 0.25) is 5.91 Å². The molecule has 166 valence electrons. The highest BCUT2D eigenvalue weighted by Crippen LogP contribution is 2.24. The van der Waals surface area contributed by atoms with Crippen molar-refractivity contribution in [3.05, 3.63) is 78.4 Å². The summed E-state index contributed by atoms with van der Waals surface area (Å²) in [4.78, 5) is 30.2. The summed E-state index contributed by atoms with van der Waals surface area (Å²) in [5.41, 5.74) is 4.43. The first-order valence-electron chi connectivity index (χ1n) is 11.1. The van der Waals surface area contributed by atoms with Gasteiger partial charge < -0.3 is 20.1 Å². The topological polar surface area (TPSA) is 79.3 Å². The van der Waals surface area contributed by atoms with Crippen molar-refractivity contribution < 1.29 is 9.59 Å². The van der Waals surface area contributed by atoms with Crippen LogP contribution >= 0.6 is 0 Å². The number of benzene rings is 2. The maximum absolute atomic E-state index is 12.2. The second-order valence-corrected chi connectivity index (χ2v) is 8.04. The summed E-state index contributed by atoms with van der Waals surface area (Å²) in [6, 6.07) is 16.2. The van der Waals surface area contributed by atoms with E-state index in [2.05, 4.69) is 45.9 Å². The van der Waals surface area contributed by atoms with E-state index in [1.54, 1.807) is 6.20 Å². The van der Waals surface area contributed by atoms with E-state index in [9.17, 15) is 9.59 Å². The number of amides is 3. The lowest BCUT2D eigenvalue weighted by molar-refractivity contribution is -0.129. The Hall–Kier alpha value is -3.61. The summed E-state index contributed by atoms with van der Waals surface area (Å²) in [6.45, 7) is 3.22. The van der Waals surface area contributed by atoms with Crippen LogP contribution in [0.5, 0.6) is 0 Å². The minimum absolute atomic E-state index is 0.115. The quantitative estimate of drug-likeness (QED) is 0.574. The zero-order valence-corrected chi connectivity index (χ0v) is 18.2. The molecule has 32 heavy (non-hydrogen) atoms. The van der Waals surface area contributed by atoms with Gasteiger partial charge in [0.15, 0.2) is 0 Å². The molecule has 3 aromatic rings. The minimum Gasteiger partial charge on any atom is -0.343 e. The molecule has 7 nitrogen and oxygen atoms in total. The second-order valence-electron chi connectivity index (χ2n) is 8.04. The Balaban J connectivity index is 1.29. The van der Waals surface area contributed by atoms with Crippen molar-refractivity contribution in [1.29, 1.82) is 0 Å². The van der Waals surface area contributed by atoms with E-state index in [0.29, 0.717) is 19.5 Å². The van der Waals surface area contributed by atoms with Crippen LogP contribution in [0.3, 0.4) is 0 Å². The lowest BCUT2D eigenvalue weighted by atomic mass is 9.98. The van der Waals surface area contributed by atoms with Crippen molar-refractivity contribution in [2.24, 2.45) is 0 Å². The third kappa shape index (κ3) is 5.75. The molecule has 1 aliphatic heterocycles. The number of carbonyl (C=O) groups is 2. The lowest BCUT2D eigenvalue weighted by Gasteiger charge is -2.15. The van der Waals surface area contributed by atoms with Gasteiger partial charge in [0.25, 0.3) is 0 Å². The first kappa shape index (κ1) is 21.6. The number of imidazole rings is 1. The molecule has 0 atom stereocenters. The Bertz CT molecular complexity index is 1020. The van der Waals surface area contributed by atoms with E-state index in [0.717, 1.165) is 49.2 Å². The molecule has 0 bridgehead atoms. The van der Waals surface area contributed by atoms with Crippen LogP contribution in [0, 0.1) is 0 Å². The molecule has 0 radical (unpaired) electrons. The molecule has 1 saturated heterocycles. The van der Waals surface area contributed by atoms with Gasteiger partial charge in [-0.15, -0.1) is 0 Å². The van der Waals surface area contributed by atoms with Crippen molar-refractivity contribution in [2.45, 2.75) is 32.4 Å². The Morgan fingerprint density at radius 3 is 2.50 bits per heavy atom. The van der Waals surface area contributed by atoms with Gasteiger partial charge in [0, 0.05) is 51.5 Å². The molecule has 2 aromatic carbocycles. The predicted octanol–water partition coefficient (Wildman–Crippen LogP) is 3.41. The van der Waals surface area contributed by atoms with Gasteiger partial charge in [-0.3, -0.25) is 4.79 Å². The maximum Gasteiger partial charge on any atom is 0.315 e. The molecule has 0 aliphatic carbocycles. The number of carbonyl (C=O) groups excluding carboxylic acids is 2. The van der Waals surface area contributed by atoms with Crippen LogP contribution in [-0.2, 0) is 17.9 Å².